The number of aliphatic imine (C=N–C) groups is 1. The molecule has 5 nitrogen and oxygen atoms in total. The number of guanidine groups is 1. The molecule has 2 fully saturated rings. The van der Waals surface area contributed by atoms with E-state index in [1.54, 1.807) is 0 Å². The van der Waals surface area contributed by atoms with Crippen LogP contribution >= 0.6 is 24.0 Å². The quantitative estimate of drug-likeness (QED) is 0.277. The van der Waals surface area contributed by atoms with Crippen molar-refractivity contribution in [3.63, 3.8) is 0 Å². The summed E-state index contributed by atoms with van der Waals surface area (Å²) in [5, 5.41) is 6.75. The van der Waals surface area contributed by atoms with Gasteiger partial charge in [0.05, 0.1) is 13.2 Å². The maximum atomic E-state index is 5.36. The lowest BCUT2D eigenvalue weighted by Gasteiger charge is -2.26. The van der Waals surface area contributed by atoms with Gasteiger partial charge in [-0.25, -0.2) is 0 Å². The van der Waals surface area contributed by atoms with Crippen LogP contribution in [0.25, 0.3) is 0 Å². The van der Waals surface area contributed by atoms with E-state index in [0.717, 1.165) is 64.4 Å². The second-order valence-corrected chi connectivity index (χ2v) is 5.73. The summed E-state index contributed by atoms with van der Waals surface area (Å²) >= 11 is 0. The summed E-state index contributed by atoms with van der Waals surface area (Å²) in [6, 6.07) is 0. The molecule has 0 amide bonds. The Morgan fingerprint density at radius 2 is 2.00 bits per heavy atom. The molecule has 2 rings (SSSR count). The Morgan fingerprint density at radius 3 is 2.67 bits per heavy atom. The number of rotatable bonds is 8. The minimum Gasteiger partial charge on any atom is -0.379 e. The summed E-state index contributed by atoms with van der Waals surface area (Å²) in [6.07, 6.45) is 5.48. The zero-order chi connectivity index (χ0) is 14.0. The van der Waals surface area contributed by atoms with Crippen LogP contribution in [0.15, 0.2) is 4.99 Å². The predicted octanol–water partition coefficient (Wildman–Crippen LogP) is 1.68. The lowest BCUT2D eigenvalue weighted by molar-refractivity contribution is 0.0389. The van der Waals surface area contributed by atoms with Crippen LogP contribution in [0, 0.1) is 5.92 Å². The van der Waals surface area contributed by atoms with Gasteiger partial charge in [0.25, 0.3) is 0 Å². The Morgan fingerprint density at radius 1 is 1.24 bits per heavy atom. The topological polar surface area (TPSA) is 48.9 Å². The Kier molecular flexibility index (Phi) is 10.4. The minimum absolute atomic E-state index is 0. The molecular formula is C15H31IN4O. The molecule has 124 valence electrons. The van der Waals surface area contributed by atoms with Gasteiger partial charge < -0.3 is 15.4 Å². The van der Waals surface area contributed by atoms with Crippen molar-refractivity contribution in [3.05, 3.63) is 0 Å². The highest BCUT2D eigenvalue weighted by molar-refractivity contribution is 14.0. The van der Waals surface area contributed by atoms with Crippen molar-refractivity contribution in [3.8, 4) is 0 Å². The fourth-order valence-electron chi connectivity index (χ4n) is 2.48. The molecule has 0 radical (unpaired) electrons. The van der Waals surface area contributed by atoms with Crippen molar-refractivity contribution >= 4 is 29.9 Å². The van der Waals surface area contributed by atoms with E-state index in [4.69, 9.17) is 4.74 Å². The monoisotopic (exact) mass is 410 g/mol. The fraction of sp³-hybridized carbons (Fsp3) is 0.933. The van der Waals surface area contributed by atoms with E-state index >= 15 is 0 Å². The predicted molar refractivity (Wildman–Crippen MR) is 98.6 cm³/mol. The van der Waals surface area contributed by atoms with E-state index in [2.05, 4.69) is 27.4 Å². The number of halogens is 1. The van der Waals surface area contributed by atoms with Gasteiger partial charge in [-0.15, -0.1) is 24.0 Å². The molecule has 1 saturated carbocycles. The van der Waals surface area contributed by atoms with E-state index in [9.17, 15) is 0 Å². The molecular weight excluding hydrogens is 379 g/mol. The van der Waals surface area contributed by atoms with Gasteiger partial charge in [-0.2, -0.15) is 0 Å². The first-order valence-electron chi connectivity index (χ1n) is 8.20. The number of hydrogen-bond donors (Lipinski definition) is 2. The van der Waals surface area contributed by atoms with Crippen molar-refractivity contribution in [1.82, 2.24) is 15.5 Å². The summed E-state index contributed by atoms with van der Waals surface area (Å²) in [7, 11) is 0. The number of hydrogen-bond acceptors (Lipinski definition) is 3. The first kappa shape index (κ1) is 19.0. The molecule has 2 N–H and O–H groups in total. The number of nitrogens with zero attached hydrogens (tertiary/aromatic N) is 2. The molecule has 1 aliphatic heterocycles. The van der Waals surface area contributed by atoms with Crippen LogP contribution in [0.2, 0.25) is 0 Å². The SMILES string of the molecule is CCNC(=NCCCC1CC1)NCCN1CCOCC1.I. The van der Waals surface area contributed by atoms with E-state index in [0.29, 0.717) is 0 Å². The molecule has 1 saturated heterocycles. The van der Waals surface area contributed by atoms with Crippen LogP contribution in [0.5, 0.6) is 0 Å². The molecule has 21 heavy (non-hydrogen) atoms. The van der Waals surface area contributed by atoms with Crippen molar-refractivity contribution in [2.75, 3.05) is 52.5 Å². The number of morpholine rings is 1. The van der Waals surface area contributed by atoms with Crippen LogP contribution in [-0.2, 0) is 4.74 Å². The van der Waals surface area contributed by atoms with Crippen molar-refractivity contribution in [1.29, 1.82) is 0 Å². The molecule has 2 aliphatic rings. The zero-order valence-electron chi connectivity index (χ0n) is 13.3. The fourth-order valence-corrected chi connectivity index (χ4v) is 2.48. The van der Waals surface area contributed by atoms with E-state index in [1.807, 2.05) is 0 Å². The highest BCUT2D eigenvalue weighted by atomic mass is 127. The summed E-state index contributed by atoms with van der Waals surface area (Å²) in [4.78, 5) is 7.08. The highest BCUT2D eigenvalue weighted by Gasteiger charge is 2.19. The maximum absolute atomic E-state index is 5.36. The summed E-state index contributed by atoms with van der Waals surface area (Å²) in [5.41, 5.74) is 0. The van der Waals surface area contributed by atoms with Crippen LogP contribution in [0.4, 0.5) is 0 Å². The largest absolute Gasteiger partial charge is 0.379 e. The molecule has 0 atom stereocenters. The van der Waals surface area contributed by atoms with Gasteiger partial charge in [0, 0.05) is 39.3 Å². The first-order chi connectivity index (χ1) is 9.88. The molecule has 0 aromatic carbocycles. The highest BCUT2D eigenvalue weighted by Crippen LogP contribution is 2.33. The second kappa shape index (κ2) is 11.5. The van der Waals surface area contributed by atoms with Gasteiger partial charge in [0.2, 0.25) is 0 Å². The van der Waals surface area contributed by atoms with E-state index in [1.165, 1.54) is 25.7 Å². The van der Waals surface area contributed by atoms with Crippen molar-refractivity contribution in [2.45, 2.75) is 32.6 Å². The Bertz CT molecular complexity index is 291. The minimum atomic E-state index is 0. The van der Waals surface area contributed by atoms with E-state index in [-0.39, 0.29) is 24.0 Å². The third-order valence-electron chi connectivity index (χ3n) is 3.91. The van der Waals surface area contributed by atoms with Gasteiger partial charge in [0.15, 0.2) is 5.96 Å². The molecule has 0 unspecified atom stereocenters. The average molecular weight is 410 g/mol. The summed E-state index contributed by atoms with van der Waals surface area (Å²) in [6.45, 7) is 9.85. The average Bonchev–Trinajstić information content (AvgIpc) is 3.29. The second-order valence-electron chi connectivity index (χ2n) is 5.73. The lowest BCUT2D eigenvalue weighted by atomic mass is 10.2. The van der Waals surface area contributed by atoms with Gasteiger partial charge in [-0.1, -0.05) is 12.8 Å². The third kappa shape index (κ3) is 8.83. The third-order valence-corrected chi connectivity index (χ3v) is 3.91. The summed E-state index contributed by atoms with van der Waals surface area (Å²) < 4.78 is 5.36. The van der Waals surface area contributed by atoms with Crippen molar-refractivity contribution in [2.24, 2.45) is 10.9 Å². The molecule has 0 aromatic rings. The number of ether oxygens (including phenoxy) is 1. The Hall–Kier alpha value is -0.0800. The zero-order valence-corrected chi connectivity index (χ0v) is 15.6. The van der Waals surface area contributed by atoms with Crippen LogP contribution < -0.4 is 10.6 Å². The van der Waals surface area contributed by atoms with Gasteiger partial charge in [-0.05, 0) is 25.7 Å². The van der Waals surface area contributed by atoms with E-state index < -0.39 is 0 Å². The van der Waals surface area contributed by atoms with Crippen molar-refractivity contribution < 1.29 is 4.74 Å². The van der Waals surface area contributed by atoms with Gasteiger partial charge >= 0.3 is 0 Å². The Balaban J connectivity index is 0.00000220. The first-order valence-corrected chi connectivity index (χ1v) is 8.20. The summed E-state index contributed by atoms with van der Waals surface area (Å²) in [5.74, 6) is 1.98. The standard InChI is InChI=1S/C15H30N4O.HI/c1-2-16-15(17-7-3-4-14-5-6-14)18-8-9-19-10-12-20-13-11-19;/h14H,2-13H2,1H3,(H2,16,17,18);1H. The maximum Gasteiger partial charge on any atom is 0.191 e. The van der Waals surface area contributed by atoms with Gasteiger partial charge in [-0.3, -0.25) is 9.89 Å². The van der Waals surface area contributed by atoms with Crippen LogP contribution in [0.1, 0.15) is 32.6 Å². The molecule has 6 heteroatoms. The molecule has 0 bridgehead atoms. The van der Waals surface area contributed by atoms with Gasteiger partial charge in [0.1, 0.15) is 0 Å². The smallest absolute Gasteiger partial charge is 0.191 e. The number of nitrogens with one attached hydrogen (secondary N) is 2. The molecule has 1 aliphatic carbocycles. The molecule has 1 heterocycles. The Labute approximate surface area is 146 Å². The normalized spacial score (nSPS) is 20.0. The lowest BCUT2D eigenvalue weighted by Crippen LogP contribution is -2.44. The molecule has 0 aromatic heterocycles. The van der Waals surface area contributed by atoms with Crippen LogP contribution in [-0.4, -0.2) is 63.3 Å². The molecule has 0 spiro atoms. The van der Waals surface area contributed by atoms with Crippen LogP contribution in [0.3, 0.4) is 0 Å².